The van der Waals surface area contributed by atoms with Gasteiger partial charge in [-0.15, -0.1) is 0 Å². The van der Waals surface area contributed by atoms with Gasteiger partial charge in [0, 0.05) is 0 Å². The van der Waals surface area contributed by atoms with E-state index >= 15 is 0 Å². The summed E-state index contributed by atoms with van der Waals surface area (Å²) in [6.07, 6.45) is -1.98. The molecule has 0 bridgehead atoms. The van der Waals surface area contributed by atoms with Gasteiger partial charge in [0.25, 0.3) is 0 Å². The monoisotopic (exact) mass is 280 g/mol. The molecular formula is C6H17O10P. The molecule has 0 aromatic heterocycles. The molecule has 7 N–H and O–H groups in total. The Balaban J connectivity index is 0. The zero-order chi connectivity index (χ0) is 13.9. The second kappa shape index (κ2) is 11.0. The average Bonchev–Trinajstić information content (AvgIpc) is 2.21. The third-order valence-corrected chi connectivity index (χ3v) is 1.03. The molecule has 0 radical (unpaired) electrons. The zero-order valence-electron chi connectivity index (χ0n) is 8.79. The van der Waals surface area contributed by atoms with Gasteiger partial charge in [0.2, 0.25) is 0 Å². The Labute approximate surface area is 96.8 Å². The van der Waals surface area contributed by atoms with Crippen LogP contribution >= 0.6 is 7.82 Å². The molecule has 0 aliphatic heterocycles. The molecule has 2 unspecified atom stereocenters. The van der Waals surface area contributed by atoms with Crippen LogP contribution in [0.4, 0.5) is 0 Å². The first-order valence-electron chi connectivity index (χ1n) is 4.31. The van der Waals surface area contributed by atoms with Crippen molar-refractivity contribution in [2.24, 2.45) is 0 Å². The minimum absolute atomic E-state index is 0.172. The van der Waals surface area contributed by atoms with Gasteiger partial charge in [-0.1, -0.05) is 0 Å². The molecule has 0 amide bonds. The van der Waals surface area contributed by atoms with Crippen LogP contribution in [-0.4, -0.2) is 73.7 Å². The Morgan fingerprint density at radius 3 is 1.29 bits per heavy atom. The van der Waals surface area contributed by atoms with Crippen molar-refractivity contribution in [2.45, 2.75) is 12.2 Å². The summed E-state index contributed by atoms with van der Waals surface area (Å²) in [6, 6.07) is 0. The topological polar surface area (TPSA) is 177 Å². The normalized spacial score (nSPS) is 14.8. The van der Waals surface area contributed by atoms with E-state index in [0.29, 0.717) is 0 Å². The van der Waals surface area contributed by atoms with Crippen LogP contribution in [0.25, 0.3) is 0 Å². The lowest BCUT2D eigenvalue weighted by Gasteiger charge is -2.09. The first kappa shape index (κ1) is 19.2. The van der Waals surface area contributed by atoms with Crippen LogP contribution in [0.1, 0.15) is 0 Å². The molecule has 11 heteroatoms. The first-order valence-corrected chi connectivity index (χ1v) is 5.87. The highest BCUT2D eigenvalue weighted by molar-refractivity contribution is 7.45. The fraction of sp³-hybridized carbons (Fsp3) is 1.00. The number of aliphatic hydroxyl groups excluding tert-OH is 4. The number of hydrogen-bond donors (Lipinski definition) is 7. The van der Waals surface area contributed by atoms with Gasteiger partial charge in [-0.2, -0.15) is 0 Å². The van der Waals surface area contributed by atoms with Crippen molar-refractivity contribution in [3.05, 3.63) is 0 Å². The van der Waals surface area contributed by atoms with Gasteiger partial charge in [-0.05, 0) is 0 Å². The van der Waals surface area contributed by atoms with E-state index in [1.165, 1.54) is 0 Å². The van der Waals surface area contributed by atoms with Gasteiger partial charge < -0.3 is 35.1 Å². The van der Waals surface area contributed by atoms with Crippen LogP contribution in [0.15, 0.2) is 0 Å². The maximum Gasteiger partial charge on any atom is 0.466 e. The minimum atomic E-state index is -4.64. The fourth-order valence-electron chi connectivity index (χ4n) is 0.359. The van der Waals surface area contributed by atoms with E-state index in [-0.39, 0.29) is 13.2 Å². The average molecular weight is 280 g/mol. The van der Waals surface area contributed by atoms with Crippen molar-refractivity contribution in [3.63, 3.8) is 0 Å². The molecule has 0 rings (SSSR count). The van der Waals surface area contributed by atoms with E-state index in [9.17, 15) is 0 Å². The molecule has 0 aromatic rings. The minimum Gasteiger partial charge on any atom is -0.394 e. The molecule has 0 aliphatic carbocycles. The van der Waals surface area contributed by atoms with Gasteiger partial charge in [0.1, 0.15) is 25.4 Å². The quantitative estimate of drug-likeness (QED) is 0.108. The predicted octanol–water partition coefficient (Wildman–Crippen LogP) is -3.29. The third-order valence-electron chi connectivity index (χ3n) is 1.03. The summed E-state index contributed by atoms with van der Waals surface area (Å²) in [5.41, 5.74) is 0. The smallest absolute Gasteiger partial charge is 0.394 e. The van der Waals surface area contributed by atoms with Gasteiger partial charge in [-0.3, -0.25) is 0 Å². The Hall–Kier alpha value is -0.130. The van der Waals surface area contributed by atoms with E-state index < -0.39 is 33.2 Å². The van der Waals surface area contributed by atoms with Crippen molar-refractivity contribution in [1.29, 1.82) is 0 Å². The second-order valence-corrected chi connectivity index (χ2v) is 3.78. The van der Waals surface area contributed by atoms with Gasteiger partial charge in [-0.25, -0.2) is 14.3 Å². The highest BCUT2D eigenvalue weighted by Gasteiger charge is 2.05. The molecule has 0 saturated heterocycles. The van der Waals surface area contributed by atoms with Crippen LogP contribution in [0.3, 0.4) is 0 Å². The molecule has 2 atom stereocenters. The highest BCUT2D eigenvalue weighted by Crippen LogP contribution is 2.25. The number of hydrogen-bond acceptors (Lipinski definition) is 7. The maximum atomic E-state index is 8.88. The first-order chi connectivity index (χ1) is 7.70. The standard InChI is InChI=1S/C6H14O6.H3O4P/c7-1-5(9)3-11-12-4-6(10)2-8;1-5(2,3)4/h5-10H,1-4H2;(H3,1,2,3,4). The number of aliphatic hydroxyl groups is 4. The van der Waals surface area contributed by atoms with E-state index in [2.05, 4.69) is 9.78 Å². The van der Waals surface area contributed by atoms with E-state index in [4.69, 9.17) is 39.7 Å². The summed E-state index contributed by atoms with van der Waals surface area (Å²) in [5.74, 6) is 0. The van der Waals surface area contributed by atoms with Crippen LogP contribution in [0.2, 0.25) is 0 Å². The molecule has 0 saturated carbocycles. The summed E-state index contributed by atoms with van der Waals surface area (Å²) in [7, 11) is -4.64. The van der Waals surface area contributed by atoms with Crippen LogP contribution < -0.4 is 0 Å². The SMILES string of the molecule is O=P(O)(O)O.OCC(O)COOCC(O)CO. The molecule has 0 aromatic carbocycles. The number of phosphoric acid groups is 1. The van der Waals surface area contributed by atoms with Crippen molar-refractivity contribution in [3.8, 4) is 0 Å². The predicted molar refractivity (Wildman–Crippen MR) is 52.4 cm³/mol. The summed E-state index contributed by atoms with van der Waals surface area (Å²) in [5, 5.41) is 34.1. The van der Waals surface area contributed by atoms with Crippen LogP contribution in [-0.2, 0) is 14.3 Å². The molecule has 17 heavy (non-hydrogen) atoms. The van der Waals surface area contributed by atoms with Crippen molar-refractivity contribution >= 4 is 7.82 Å². The van der Waals surface area contributed by atoms with Gasteiger partial charge in [0.15, 0.2) is 0 Å². The van der Waals surface area contributed by atoms with E-state index in [1.807, 2.05) is 0 Å². The summed E-state index contributed by atoms with van der Waals surface area (Å²) in [4.78, 5) is 30.3. The molecule has 0 fully saturated rings. The Bertz CT molecular complexity index is 185. The second-order valence-electron chi connectivity index (χ2n) is 2.76. The van der Waals surface area contributed by atoms with E-state index in [0.717, 1.165) is 0 Å². The summed E-state index contributed by atoms with van der Waals surface area (Å²) < 4.78 is 8.88. The zero-order valence-corrected chi connectivity index (χ0v) is 9.68. The fourth-order valence-corrected chi connectivity index (χ4v) is 0.359. The molecule has 0 spiro atoms. The lowest BCUT2D eigenvalue weighted by atomic mass is 10.4. The van der Waals surface area contributed by atoms with Gasteiger partial charge >= 0.3 is 7.82 Å². The van der Waals surface area contributed by atoms with Crippen LogP contribution in [0.5, 0.6) is 0 Å². The Morgan fingerprint density at radius 2 is 1.12 bits per heavy atom. The molecule has 0 heterocycles. The lowest BCUT2D eigenvalue weighted by Crippen LogP contribution is -2.23. The van der Waals surface area contributed by atoms with E-state index in [1.54, 1.807) is 0 Å². The maximum absolute atomic E-state index is 8.88. The number of rotatable bonds is 7. The summed E-state index contributed by atoms with van der Waals surface area (Å²) >= 11 is 0. The Kier molecular flexibility index (Phi) is 12.4. The molecule has 0 aliphatic rings. The molecule has 10 nitrogen and oxygen atoms in total. The van der Waals surface area contributed by atoms with Crippen LogP contribution in [0, 0.1) is 0 Å². The van der Waals surface area contributed by atoms with Crippen molar-refractivity contribution < 1.29 is 49.4 Å². The Morgan fingerprint density at radius 1 is 0.882 bits per heavy atom. The summed E-state index contributed by atoms with van der Waals surface area (Å²) in [6.45, 7) is -1.17. The third kappa shape index (κ3) is 25.8. The largest absolute Gasteiger partial charge is 0.466 e. The lowest BCUT2D eigenvalue weighted by molar-refractivity contribution is -0.316. The highest BCUT2D eigenvalue weighted by atomic mass is 31.2. The molecule has 106 valence electrons. The van der Waals surface area contributed by atoms with Crippen molar-refractivity contribution in [1.82, 2.24) is 0 Å². The van der Waals surface area contributed by atoms with Crippen molar-refractivity contribution in [2.75, 3.05) is 26.4 Å². The van der Waals surface area contributed by atoms with Gasteiger partial charge in [0.05, 0.1) is 13.2 Å². The molecular weight excluding hydrogens is 263 g/mol.